The zero-order valence-electron chi connectivity index (χ0n) is 16.7. The van der Waals surface area contributed by atoms with Crippen LogP contribution in [0, 0.1) is 6.92 Å². The number of aryl methyl sites for hydroxylation is 1. The van der Waals surface area contributed by atoms with Crippen molar-refractivity contribution in [3.05, 3.63) is 64.1 Å². The van der Waals surface area contributed by atoms with Crippen LogP contribution in [-0.2, 0) is 11.0 Å². The lowest BCUT2D eigenvalue weighted by atomic mass is 10.1. The van der Waals surface area contributed by atoms with Crippen LogP contribution in [0.3, 0.4) is 0 Å². The van der Waals surface area contributed by atoms with Crippen LogP contribution in [0.4, 0.5) is 5.69 Å². The molecule has 1 aliphatic heterocycles. The van der Waals surface area contributed by atoms with Gasteiger partial charge in [0.25, 0.3) is 0 Å². The Labute approximate surface area is 193 Å². The molecule has 158 valence electrons. The quantitative estimate of drug-likeness (QED) is 0.453. The minimum absolute atomic E-state index is 0.112. The van der Waals surface area contributed by atoms with Gasteiger partial charge in [0, 0.05) is 19.2 Å². The molecule has 1 unspecified atom stereocenters. The standard InChI is InChI=1S/C22H22Cl2N2O2S2/c1-14-4-3-5-15(10-14)22-19(24)12-21(29-22)30(27)25-16-6-7-18(23)20(11-16)28-17-8-9-26(2)13-17/h3-7,10-12,17,25H,8-9,13H2,1-2H3/t17-,30?/m1/s1. The number of ether oxygens (including phenoxy) is 1. The first-order chi connectivity index (χ1) is 14.4. The van der Waals surface area contributed by atoms with Gasteiger partial charge in [-0.3, -0.25) is 0 Å². The van der Waals surface area contributed by atoms with Gasteiger partial charge in [0.1, 0.15) is 16.1 Å². The fourth-order valence-corrected chi connectivity index (χ4v) is 6.16. The number of likely N-dealkylation sites (N-methyl/N-ethyl adjacent to an activating group) is 1. The minimum Gasteiger partial charge on any atom is -0.487 e. The van der Waals surface area contributed by atoms with E-state index in [-0.39, 0.29) is 6.10 Å². The van der Waals surface area contributed by atoms with Gasteiger partial charge in [-0.15, -0.1) is 11.3 Å². The molecule has 1 aromatic heterocycles. The molecule has 4 rings (SSSR count). The van der Waals surface area contributed by atoms with Crippen LogP contribution in [0.15, 0.2) is 52.7 Å². The van der Waals surface area contributed by atoms with Crippen molar-refractivity contribution in [3.8, 4) is 16.2 Å². The van der Waals surface area contributed by atoms with Gasteiger partial charge < -0.3 is 14.4 Å². The number of thiophene rings is 1. The average molecular weight is 481 g/mol. The molecule has 0 amide bonds. The third kappa shape index (κ3) is 5.01. The summed E-state index contributed by atoms with van der Waals surface area (Å²) in [6.45, 7) is 3.91. The van der Waals surface area contributed by atoms with Gasteiger partial charge >= 0.3 is 0 Å². The summed E-state index contributed by atoms with van der Waals surface area (Å²) in [7, 11) is 0.622. The monoisotopic (exact) mass is 480 g/mol. The summed E-state index contributed by atoms with van der Waals surface area (Å²) in [4.78, 5) is 3.14. The molecule has 1 fully saturated rings. The van der Waals surface area contributed by atoms with Gasteiger partial charge in [-0.25, -0.2) is 4.21 Å². The highest BCUT2D eigenvalue weighted by atomic mass is 35.5. The zero-order valence-corrected chi connectivity index (χ0v) is 19.8. The molecule has 1 aliphatic rings. The van der Waals surface area contributed by atoms with E-state index in [0.717, 1.165) is 35.5 Å². The first kappa shape index (κ1) is 21.7. The summed E-state index contributed by atoms with van der Waals surface area (Å²) in [5, 5.41) is 1.14. The summed E-state index contributed by atoms with van der Waals surface area (Å²) < 4.78 is 22.7. The maximum atomic E-state index is 12.9. The molecule has 1 N–H and O–H groups in total. The Morgan fingerprint density at radius 3 is 2.73 bits per heavy atom. The number of hydrogen-bond donors (Lipinski definition) is 1. The summed E-state index contributed by atoms with van der Waals surface area (Å²) in [5.74, 6) is 0.601. The van der Waals surface area contributed by atoms with Crippen LogP contribution in [0.25, 0.3) is 10.4 Å². The minimum atomic E-state index is -1.45. The third-order valence-electron chi connectivity index (χ3n) is 4.91. The lowest BCUT2D eigenvalue weighted by molar-refractivity contribution is 0.208. The second-order valence-electron chi connectivity index (χ2n) is 7.42. The van der Waals surface area contributed by atoms with Crippen molar-refractivity contribution in [3.63, 3.8) is 0 Å². The van der Waals surface area contributed by atoms with E-state index in [0.29, 0.717) is 25.7 Å². The van der Waals surface area contributed by atoms with Gasteiger partial charge in [0.2, 0.25) is 0 Å². The average Bonchev–Trinajstić information content (AvgIpc) is 3.30. The van der Waals surface area contributed by atoms with Crippen molar-refractivity contribution in [2.24, 2.45) is 0 Å². The molecule has 2 atom stereocenters. The van der Waals surface area contributed by atoms with Crippen LogP contribution in [0.2, 0.25) is 10.0 Å². The normalized spacial score (nSPS) is 17.8. The van der Waals surface area contributed by atoms with Crippen molar-refractivity contribution in [1.82, 2.24) is 4.90 Å². The van der Waals surface area contributed by atoms with Crippen LogP contribution in [0.1, 0.15) is 12.0 Å². The largest absolute Gasteiger partial charge is 0.487 e. The summed E-state index contributed by atoms with van der Waals surface area (Å²) in [6.07, 6.45) is 1.08. The third-order valence-corrected chi connectivity index (χ3v) is 8.22. The first-order valence-electron chi connectivity index (χ1n) is 9.58. The van der Waals surface area contributed by atoms with Crippen LogP contribution in [-0.4, -0.2) is 35.3 Å². The number of benzene rings is 2. The maximum absolute atomic E-state index is 12.9. The van der Waals surface area contributed by atoms with Crippen LogP contribution in [0.5, 0.6) is 5.75 Å². The second-order valence-corrected chi connectivity index (χ2v) is 10.7. The van der Waals surface area contributed by atoms with E-state index in [1.165, 1.54) is 11.3 Å². The second kappa shape index (κ2) is 9.28. The number of likely N-dealkylation sites (tertiary alicyclic amines) is 1. The summed E-state index contributed by atoms with van der Waals surface area (Å²) in [5.41, 5.74) is 2.86. The van der Waals surface area contributed by atoms with Crippen molar-refractivity contribution in [2.45, 2.75) is 23.7 Å². The van der Waals surface area contributed by atoms with Crippen molar-refractivity contribution in [2.75, 3.05) is 24.9 Å². The van der Waals surface area contributed by atoms with Crippen LogP contribution >= 0.6 is 34.5 Å². The topological polar surface area (TPSA) is 41.6 Å². The molecular weight excluding hydrogens is 459 g/mol. The number of anilines is 1. The SMILES string of the molecule is Cc1cccc(-c2sc(S(=O)Nc3ccc(Cl)c(O[C@@H]4CCN(C)C4)c3)cc2Cl)c1. The highest BCUT2D eigenvalue weighted by Crippen LogP contribution is 2.38. The zero-order chi connectivity index (χ0) is 21.3. The molecule has 0 saturated carbocycles. The van der Waals surface area contributed by atoms with Gasteiger partial charge in [-0.05, 0) is 44.2 Å². The Balaban J connectivity index is 1.50. The highest BCUT2D eigenvalue weighted by Gasteiger charge is 2.22. The number of hydrogen-bond acceptors (Lipinski definition) is 4. The van der Waals surface area contributed by atoms with E-state index >= 15 is 0 Å². The summed E-state index contributed by atoms with van der Waals surface area (Å²) >= 11 is 14.2. The molecule has 0 aliphatic carbocycles. The van der Waals surface area contributed by atoms with E-state index < -0.39 is 11.0 Å². The predicted octanol–water partition coefficient (Wildman–Crippen LogP) is 6.25. The van der Waals surface area contributed by atoms with Gasteiger partial charge in [0.05, 0.1) is 20.6 Å². The van der Waals surface area contributed by atoms with E-state index in [4.69, 9.17) is 27.9 Å². The molecule has 0 bridgehead atoms. The molecule has 8 heteroatoms. The van der Waals surface area contributed by atoms with Gasteiger partial charge in [-0.2, -0.15) is 0 Å². The van der Waals surface area contributed by atoms with Gasteiger partial charge in [0.15, 0.2) is 11.0 Å². The summed E-state index contributed by atoms with van der Waals surface area (Å²) in [6, 6.07) is 15.2. The lowest BCUT2D eigenvalue weighted by Crippen LogP contribution is -2.21. The molecule has 1 saturated heterocycles. The Bertz CT molecular complexity index is 1090. The first-order valence-corrected chi connectivity index (χ1v) is 12.3. The molecule has 2 aromatic carbocycles. The molecule has 0 radical (unpaired) electrons. The Morgan fingerprint density at radius 1 is 1.17 bits per heavy atom. The fourth-order valence-electron chi connectivity index (χ4n) is 3.41. The van der Waals surface area contributed by atoms with E-state index in [9.17, 15) is 4.21 Å². The number of nitrogens with one attached hydrogen (secondary N) is 1. The molecule has 2 heterocycles. The smallest absolute Gasteiger partial charge is 0.160 e. The van der Waals surface area contributed by atoms with Crippen LogP contribution < -0.4 is 9.46 Å². The lowest BCUT2D eigenvalue weighted by Gasteiger charge is -2.16. The Hall–Kier alpha value is -1.57. The number of nitrogens with zero attached hydrogens (tertiary/aromatic N) is 1. The highest BCUT2D eigenvalue weighted by molar-refractivity contribution is 7.88. The van der Waals surface area contributed by atoms with Crippen molar-refractivity contribution in [1.29, 1.82) is 0 Å². The molecular formula is C22H22Cl2N2O2S2. The molecule has 3 aromatic rings. The molecule has 30 heavy (non-hydrogen) atoms. The Morgan fingerprint density at radius 2 is 2.00 bits per heavy atom. The maximum Gasteiger partial charge on any atom is 0.160 e. The van der Waals surface area contributed by atoms with E-state index in [2.05, 4.69) is 22.7 Å². The number of rotatable bonds is 6. The molecule has 4 nitrogen and oxygen atoms in total. The fraction of sp³-hybridized carbons (Fsp3) is 0.273. The van der Waals surface area contributed by atoms with Crippen molar-refractivity contribution >= 4 is 51.2 Å². The predicted molar refractivity (Wildman–Crippen MR) is 128 cm³/mol. The van der Waals surface area contributed by atoms with Gasteiger partial charge in [-0.1, -0.05) is 53.0 Å². The number of halogens is 2. The Kier molecular flexibility index (Phi) is 6.70. The van der Waals surface area contributed by atoms with E-state index in [1.54, 1.807) is 24.3 Å². The molecule has 0 spiro atoms. The van der Waals surface area contributed by atoms with E-state index in [1.807, 2.05) is 25.1 Å². The van der Waals surface area contributed by atoms with Crippen molar-refractivity contribution < 1.29 is 8.95 Å².